The van der Waals surface area contributed by atoms with Crippen LogP contribution in [0.15, 0.2) is 60.7 Å². The maximum absolute atomic E-state index is 13.1. The number of amides is 1. The maximum atomic E-state index is 13.1. The summed E-state index contributed by atoms with van der Waals surface area (Å²) in [6.07, 6.45) is 5.50. The van der Waals surface area contributed by atoms with E-state index in [4.69, 9.17) is 9.47 Å². The lowest BCUT2D eigenvalue weighted by Crippen LogP contribution is -2.31. The molecule has 0 fully saturated rings. The number of nitrogens with zero attached hydrogens (tertiary/aromatic N) is 1. The molecular formula is C21H23NO4. The molecular weight excluding hydrogens is 330 g/mol. The standard InChI is InChI=1S/C21H23NO4/c1-25-19-13-12-17(16-20(19)26-2)21(24)22(14-8-3-4-9-15-23)18-10-6-5-7-11-18/h4-7,9-13,15-16H,3,8,14H2,1-2H3. The summed E-state index contributed by atoms with van der Waals surface area (Å²) in [6, 6.07) is 14.7. The third kappa shape index (κ3) is 4.96. The average Bonchev–Trinajstić information content (AvgIpc) is 2.70. The predicted molar refractivity (Wildman–Crippen MR) is 102 cm³/mol. The Morgan fingerprint density at radius 1 is 1.04 bits per heavy atom. The summed E-state index contributed by atoms with van der Waals surface area (Å²) < 4.78 is 10.5. The first-order chi connectivity index (χ1) is 12.7. The van der Waals surface area contributed by atoms with Gasteiger partial charge in [0.2, 0.25) is 0 Å². The molecule has 0 unspecified atom stereocenters. The highest BCUT2D eigenvalue weighted by Crippen LogP contribution is 2.29. The van der Waals surface area contributed by atoms with Gasteiger partial charge >= 0.3 is 0 Å². The third-order valence-electron chi connectivity index (χ3n) is 3.91. The van der Waals surface area contributed by atoms with Gasteiger partial charge in [-0.1, -0.05) is 24.3 Å². The van der Waals surface area contributed by atoms with Gasteiger partial charge in [-0.3, -0.25) is 9.59 Å². The van der Waals surface area contributed by atoms with Crippen molar-refractivity contribution in [1.82, 2.24) is 0 Å². The minimum Gasteiger partial charge on any atom is -0.493 e. The van der Waals surface area contributed by atoms with Gasteiger partial charge in [-0.25, -0.2) is 0 Å². The van der Waals surface area contributed by atoms with Gasteiger partial charge in [0.25, 0.3) is 5.91 Å². The smallest absolute Gasteiger partial charge is 0.258 e. The Bertz CT molecular complexity index is 756. The second kappa shape index (κ2) is 10.0. The Hall–Kier alpha value is -3.08. The van der Waals surface area contributed by atoms with Gasteiger partial charge in [0.15, 0.2) is 11.5 Å². The lowest BCUT2D eigenvalue weighted by molar-refractivity contribution is -0.104. The maximum Gasteiger partial charge on any atom is 0.258 e. The number of methoxy groups -OCH3 is 2. The van der Waals surface area contributed by atoms with Crippen LogP contribution in [0.5, 0.6) is 11.5 Å². The number of benzene rings is 2. The van der Waals surface area contributed by atoms with Crippen LogP contribution in [0.1, 0.15) is 23.2 Å². The summed E-state index contributed by atoms with van der Waals surface area (Å²) >= 11 is 0. The molecule has 5 nitrogen and oxygen atoms in total. The van der Waals surface area contributed by atoms with E-state index in [1.807, 2.05) is 30.3 Å². The molecule has 0 aliphatic carbocycles. The first-order valence-corrected chi connectivity index (χ1v) is 8.40. The summed E-state index contributed by atoms with van der Waals surface area (Å²) in [5.41, 5.74) is 1.35. The van der Waals surface area contributed by atoms with E-state index in [1.165, 1.54) is 6.08 Å². The Labute approximate surface area is 153 Å². The zero-order chi connectivity index (χ0) is 18.8. The molecule has 0 saturated carbocycles. The largest absolute Gasteiger partial charge is 0.493 e. The van der Waals surface area contributed by atoms with Gasteiger partial charge in [-0.2, -0.15) is 0 Å². The van der Waals surface area contributed by atoms with Crippen molar-refractivity contribution >= 4 is 17.9 Å². The van der Waals surface area contributed by atoms with Crippen LogP contribution in [-0.2, 0) is 4.79 Å². The van der Waals surface area contributed by atoms with Crippen LogP contribution >= 0.6 is 0 Å². The van der Waals surface area contributed by atoms with Crippen molar-refractivity contribution < 1.29 is 19.1 Å². The molecule has 0 heterocycles. The lowest BCUT2D eigenvalue weighted by atomic mass is 10.1. The number of hydrogen-bond donors (Lipinski definition) is 0. The van der Waals surface area contributed by atoms with E-state index in [-0.39, 0.29) is 5.91 Å². The molecule has 0 saturated heterocycles. The zero-order valence-corrected chi connectivity index (χ0v) is 15.1. The van der Waals surface area contributed by atoms with E-state index in [1.54, 1.807) is 43.4 Å². The number of allylic oxidation sites excluding steroid dienone is 2. The second-order valence-electron chi connectivity index (χ2n) is 5.57. The number of para-hydroxylation sites is 1. The van der Waals surface area contributed by atoms with Crippen molar-refractivity contribution in [3.05, 3.63) is 66.2 Å². The molecule has 2 aromatic rings. The minimum atomic E-state index is -0.114. The van der Waals surface area contributed by atoms with Gasteiger partial charge in [0.05, 0.1) is 14.2 Å². The molecule has 0 atom stereocenters. The number of aldehydes is 1. The summed E-state index contributed by atoms with van der Waals surface area (Å²) in [5.74, 6) is 0.978. The Morgan fingerprint density at radius 2 is 1.77 bits per heavy atom. The van der Waals surface area contributed by atoms with Crippen molar-refractivity contribution in [2.45, 2.75) is 12.8 Å². The van der Waals surface area contributed by atoms with Crippen molar-refractivity contribution in [2.24, 2.45) is 0 Å². The number of ether oxygens (including phenoxy) is 2. The molecule has 0 aliphatic rings. The van der Waals surface area contributed by atoms with Gasteiger partial charge in [-0.15, -0.1) is 0 Å². The average molecular weight is 353 g/mol. The first-order valence-electron chi connectivity index (χ1n) is 8.40. The lowest BCUT2D eigenvalue weighted by Gasteiger charge is -2.23. The molecule has 26 heavy (non-hydrogen) atoms. The highest BCUT2D eigenvalue weighted by Gasteiger charge is 2.19. The number of carbonyl (C=O) groups is 2. The van der Waals surface area contributed by atoms with E-state index >= 15 is 0 Å². The minimum absolute atomic E-state index is 0.114. The van der Waals surface area contributed by atoms with Crippen LogP contribution in [0.4, 0.5) is 5.69 Å². The molecule has 2 rings (SSSR count). The molecule has 0 aliphatic heterocycles. The SMILES string of the molecule is COc1ccc(C(=O)N(CCCC=CC=O)c2ccccc2)cc1OC. The predicted octanol–water partition coefficient (Wildman–Crippen LogP) is 3.89. The fraction of sp³-hybridized carbons (Fsp3) is 0.238. The van der Waals surface area contributed by atoms with Crippen molar-refractivity contribution in [2.75, 3.05) is 25.7 Å². The van der Waals surface area contributed by atoms with Crippen LogP contribution in [0.3, 0.4) is 0 Å². The van der Waals surface area contributed by atoms with Gasteiger partial charge in [0, 0.05) is 17.8 Å². The van der Waals surface area contributed by atoms with Crippen LogP contribution in [-0.4, -0.2) is 33.0 Å². The summed E-state index contributed by atoms with van der Waals surface area (Å²) in [4.78, 5) is 25.2. The van der Waals surface area contributed by atoms with Crippen molar-refractivity contribution in [1.29, 1.82) is 0 Å². The zero-order valence-electron chi connectivity index (χ0n) is 15.1. The van der Waals surface area contributed by atoms with Crippen LogP contribution in [0.2, 0.25) is 0 Å². The summed E-state index contributed by atoms with van der Waals surface area (Å²) in [6.45, 7) is 0.542. The van der Waals surface area contributed by atoms with E-state index in [0.29, 0.717) is 23.6 Å². The molecule has 0 radical (unpaired) electrons. The van der Waals surface area contributed by atoms with E-state index in [2.05, 4.69) is 0 Å². The Balaban J connectivity index is 2.25. The van der Waals surface area contributed by atoms with Crippen LogP contribution in [0, 0.1) is 0 Å². The van der Waals surface area contributed by atoms with E-state index in [9.17, 15) is 9.59 Å². The van der Waals surface area contributed by atoms with E-state index < -0.39 is 0 Å². The highest BCUT2D eigenvalue weighted by atomic mass is 16.5. The summed E-state index contributed by atoms with van der Waals surface area (Å²) in [5, 5.41) is 0. The van der Waals surface area contributed by atoms with Crippen molar-refractivity contribution in [3.8, 4) is 11.5 Å². The Morgan fingerprint density at radius 3 is 2.42 bits per heavy atom. The summed E-state index contributed by atoms with van der Waals surface area (Å²) in [7, 11) is 3.10. The molecule has 2 aromatic carbocycles. The van der Waals surface area contributed by atoms with Gasteiger partial charge in [-0.05, 0) is 49.2 Å². The van der Waals surface area contributed by atoms with Crippen molar-refractivity contribution in [3.63, 3.8) is 0 Å². The normalized spacial score (nSPS) is 10.5. The highest BCUT2D eigenvalue weighted by molar-refractivity contribution is 6.06. The monoisotopic (exact) mass is 353 g/mol. The molecule has 0 N–H and O–H groups in total. The first kappa shape index (κ1) is 19.2. The Kier molecular flexibility index (Phi) is 7.43. The second-order valence-corrected chi connectivity index (χ2v) is 5.57. The molecule has 5 heteroatoms. The molecule has 0 aromatic heterocycles. The van der Waals surface area contributed by atoms with Crippen LogP contribution in [0.25, 0.3) is 0 Å². The number of rotatable bonds is 9. The fourth-order valence-corrected chi connectivity index (χ4v) is 2.60. The molecule has 1 amide bonds. The number of anilines is 1. The number of unbranched alkanes of at least 4 members (excludes halogenated alkanes) is 1. The van der Waals surface area contributed by atoms with Gasteiger partial charge in [0.1, 0.15) is 6.29 Å². The topological polar surface area (TPSA) is 55.8 Å². The van der Waals surface area contributed by atoms with E-state index in [0.717, 1.165) is 24.8 Å². The third-order valence-corrected chi connectivity index (χ3v) is 3.91. The van der Waals surface area contributed by atoms with Gasteiger partial charge < -0.3 is 14.4 Å². The van der Waals surface area contributed by atoms with Crippen LogP contribution < -0.4 is 14.4 Å². The molecule has 136 valence electrons. The molecule has 0 spiro atoms. The molecule has 0 bridgehead atoms. The number of carbonyl (C=O) groups excluding carboxylic acids is 2. The quantitative estimate of drug-likeness (QED) is 0.390. The number of hydrogen-bond acceptors (Lipinski definition) is 4. The fourth-order valence-electron chi connectivity index (χ4n) is 2.60.